The molecule has 0 bridgehead atoms. The Morgan fingerprint density at radius 3 is 2.50 bits per heavy atom. The van der Waals surface area contributed by atoms with Crippen LogP contribution in [0.3, 0.4) is 0 Å². The van der Waals surface area contributed by atoms with Crippen LogP contribution in [0.1, 0.15) is 44.2 Å². The quantitative estimate of drug-likeness (QED) is 0.556. The molecular weight excluding hydrogens is 426 g/mol. The lowest BCUT2D eigenvalue weighted by atomic mass is 9.79. The fourth-order valence-corrected chi connectivity index (χ4v) is 4.11. The molecule has 0 atom stereocenters. The number of Topliss-reactive ketones (excluding diaryl/α,β-unsaturated/α-hetero) is 1. The Balaban J connectivity index is 1.60. The summed E-state index contributed by atoms with van der Waals surface area (Å²) in [6.07, 6.45) is 1.58. The molecule has 0 saturated heterocycles. The summed E-state index contributed by atoms with van der Waals surface area (Å²) < 4.78 is 2.68. The van der Waals surface area contributed by atoms with Crippen LogP contribution in [0.25, 0.3) is 11.4 Å². The molecule has 1 aliphatic rings. The van der Waals surface area contributed by atoms with Crippen molar-refractivity contribution in [2.75, 3.05) is 0 Å². The number of hydrogen-bond acceptors (Lipinski definition) is 4. The summed E-state index contributed by atoms with van der Waals surface area (Å²) >= 11 is 6.00. The number of hydrogen-bond donors (Lipinski definition) is 1. The molecule has 7 heteroatoms. The predicted octanol–water partition coefficient (Wildman–Crippen LogP) is 4.14. The Morgan fingerprint density at radius 1 is 1.19 bits per heavy atom. The van der Waals surface area contributed by atoms with Gasteiger partial charge >= 0.3 is 5.69 Å². The van der Waals surface area contributed by atoms with E-state index in [4.69, 9.17) is 11.6 Å². The van der Waals surface area contributed by atoms with Gasteiger partial charge in [-0.05, 0) is 55.0 Å². The summed E-state index contributed by atoms with van der Waals surface area (Å²) in [5.74, 6) is 0.355. The summed E-state index contributed by atoms with van der Waals surface area (Å²) in [7, 11) is 0. The number of benzene rings is 2. The maximum absolute atomic E-state index is 13.1. The van der Waals surface area contributed by atoms with E-state index in [1.807, 2.05) is 39.0 Å². The summed E-state index contributed by atoms with van der Waals surface area (Å²) in [5.41, 5.74) is 1.30. The van der Waals surface area contributed by atoms with E-state index < -0.39 is 11.3 Å². The van der Waals surface area contributed by atoms with Crippen molar-refractivity contribution in [3.05, 3.63) is 75.2 Å². The Bertz CT molecular complexity index is 1200. The number of aryl methyl sites for hydroxylation is 1. The number of nitrogens with zero attached hydrogens (tertiary/aromatic N) is 3. The zero-order valence-corrected chi connectivity index (χ0v) is 19.4. The van der Waals surface area contributed by atoms with Crippen LogP contribution in [0.4, 0.5) is 0 Å². The van der Waals surface area contributed by atoms with Gasteiger partial charge in [0.15, 0.2) is 11.6 Å². The standard InChI is InChI=1S/C25H28ClN3O3/c1-17-5-4-6-19(13-17)24(2,3)14-21(30)15-29-23(31)28(16-25(32)11-12-25)22(27-29)18-7-9-20(26)10-8-18/h4-10,13,32H,11-12,14-16H2,1-3H3. The molecule has 32 heavy (non-hydrogen) atoms. The van der Waals surface area contributed by atoms with E-state index in [0.29, 0.717) is 29.3 Å². The van der Waals surface area contributed by atoms with Crippen molar-refractivity contribution in [2.45, 2.75) is 64.1 Å². The van der Waals surface area contributed by atoms with E-state index in [-0.39, 0.29) is 30.7 Å². The zero-order chi connectivity index (χ0) is 23.1. The van der Waals surface area contributed by atoms with Gasteiger partial charge in [0, 0.05) is 17.0 Å². The Morgan fingerprint density at radius 2 is 1.88 bits per heavy atom. The first-order valence-corrected chi connectivity index (χ1v) is 11.2. The highest BCUT2D eigenvalue weighted by atomic mass is 35.5. The first-order valence-electron chi connectivity index (χ1n) is 10.8. The lowest BCUT2D eigenvalue weighted by molar-refractivity contribution is -0.120. The molecule has 0 aliphatic heterocycles. The topological polar surface area (TPSA) is 77.1 Å². The van der Waals surface area contributed by atoms with Crippen molar-refractivity contribution in [2.24, 2.45) is 0 Å². The molecule has 1 fully saturated rings. The monoisotopic (exact) mass is 453 g/mol. The van der Waals surface area contributed by atoms with Gasteiger partial charge in [-0.25, -0.2) is 9.48 Å². The lowest BCUT2D eigenvalue weighted by Gasteiger charge is -2.24. The molecule has 4 rings (SSSR count). The van der Waals surface area contributed by atoms with Crippen LogP contribution in [-0.2, 0) is 23.3 Å². The Labute approximate surface area is 192 Å². The van der Waals surface area contributed by atoms with Crippen LogP contribution in [-0.4, -0.2) is 30.8 Å². The third-order valence-corrected chi connectivity index (χ3v) is 6.32. The number of aromatic nitrogens is 3. The van der Waals surface area contributed by atoms with Crippen LogP contribution < -0.4 is 5.69 Å². The molecule has 1 aromatic heterocycles. The summed E-state index contributed by atoms with van der Waals surface area (Å²) in [6.45, 7) is 6.14. The molecule has 3 aromatic rings. The van der Waals surface area contributed by atoms with Gasteiger partial charge in [0.25, 0.3) is 0 Å². The van der Waals surface area contributed by atoms with Crippen molar-refractivity contribution < 1.29 is 9.90 Å². The smallest absolute Gasteiger partial charge is 0.346 e. The fraction of sp³-hybridized carbons (Fsp3) is 0.400. The highest BCUT2D eigenvalue weighted by Crippen LogP contribution is 2.37. The summed E-state index contributed by atoms with van der Waals surface area (Å²) in [6, 6.07) is 15.1. The van der Waals surface area contributed by atoms with Crippen molar-refractivity contribution >= 4 is 17.4 Å². The van der Waals surface area contributed by atoms with Gasteiger partial charge in [0.2, 0.25) is 0 Å². The normalized spacial score (nSPS) is 15.0. The molecule has 1 heterocycles. The minimum Gasteiger partial charge on any atom is -0.388 e. The van der Waals surface area contributed by atoms with Crippen molar-refractivity contribution in [3.8, 4) is 11.4 Å². The maximum atomic E-state index is 13.1. The Kier molecular flexibility index (Phi) is 5.86. The maximum Gasteiger partial charge on any atom is 0.346 e. The molecule has 1 N–H and O–H groups in total. The van der Waals surface area contributed by atoms with Crippen molar-refractivity contribution in [1.82, 2.24) is 14.3 Å². The van der Waals surface area contributed by atoms with Gasteiger partial charge in [-0.3, -0.25) is 9.36 Å². The van der Waals surface area contributed by atoms with E-state index in [1.165, 1.54) is 9.25 Å². The van der Waals surface area contributed by atoms with E-state index in [0.717, 1.165) is 11.1 Å². The van der Waals surface area contributed by atoms with E-state index >= 15 is 0 Å². The molecule has 0 radical (unpaired) electrons. The van der Waals surface area contributed by atoms with Crippen LogP contribution in [0.2, 0.25) is 5.02 Å². The molecule has 0 spiro atoms. The van der Waals surface area contributed by atoms with Gasteiger partial charge in [0.1, 0.15) is 6.54 Å². The third kappa shape index (κ3) is 4.87. The molecule has 0 amide bonds. The molecule has 168 valence electrons. The van der Waals surface area contributed by atoms with Crippen LogP contribution >= 0.6 is 11.6 Å². The van der Waals surface area contributed by atoms with Crippen molar-refractivity contribution in [1.29, 1.82) is 0 Å². The van der Waals surface area contributed by atoms with E-state index in [2.05, 4.69) is 11.2 Å². The first-order chi connectivity index (χ1) is 15.1. The number of halogens is 1. The van der Waals surface area contributed by atoms with Gasteiger partial charge in [-0.15, -0.1) is 5.10 Å². The Hall–Kier alpha value is -2.70. The van der Waals surface area contributed by atoms with E-state index in [1.54, 1.807) is 24.3 Å². The summed E-state index contributed by atoms with van der Waals surface area (Å²) in [4.78, 5) is 26.1. The minimum absolute atomic E-state index is 0.0731. The minimum atomic E-state index is -0.879. The van der Waals surface area contributed by atoms with Gasteiger partial charge in [0.05, 0.1) is 12.1 Å². The second-order valence-electron chi connectivity index (χ2n) is 9.55. The molecule has 1 aliphatic carbocycles. The third-order valence-electron chi connectivity index (χ3n) is 6.07. The number of rotatable bonds is 8. The number of carbonyl (C=O) groups excluding carboxylic acids is 1. The zero-order valence-electron chi connectivity index (χ0n) is 18.6. The van der Waals surface area contributed by atoms with E-state index in [9.17, 15) is 14.7 Å². The average molecular weight is 454 g/mol. The highest BCUT2D eigenvalue weighted by Gasteiger charge is 2.42. The predicted molar refractivity (Wildman–Crippen MR) is 125 cm³/mol. The van der Waals surface area contributed by atoms with Gasteiger partial charge in [-0.1, -0.05) is 55.3 Å². The average Bonchev–Trinajstić information content (AvgIpc) is 3.39. The van der Waals surface area contributed by atoms with Gasteiger partial charge < -0.3 is 5.11 Å². The fourth-order valence-electron chi connectivity index (χ4n) is 3.98. The van der Waals surface area contributed by atoms with Crippen molar-refractivity contribution in [3.63, 3.8) is 0 Å². The number of aliphatic hydroxyl groups is 1. The van der Waals surface area contributed by atoms with Crippen LogP contribution in [0.5, 0.6) is 0 Å². The van der Waals surface area contributed by atoms with Crippen LogP contribution in [0, 0.1) is 6.92 Å². The highest BCUT2D eigenvalue weighted by molar-refractivity contribution is 6.30. The second kappa shape index (κ2) is 8.34. The SMILES string of the molecule is Cc1cccc(C(C)(C)CC(=O)Cn2nc(-c3ccc(Cl)cc3)n(CC3(O)CC3)c2=O)c1. The largest absolute Gasteiger partial charge is 0.388 e. The first kappa shape index (κ1) is 22.5. The number of carbonyl (C=O) groups is 1. The lowest BCUT2D eigenvalue weighted by Crippen LogP contribution is -2.33. The molecule has 6 nitrogen and oxygen atoms in total. The van der Waals surface area contributed by atoms with Crippen LogP contribution in [0.15, 0.2) is 53.3 Å². The van der Waals surface area contributed by atoms with Gasteiger partial charge in [-0.2, -0.15) is 0 Å². The molecule has 2 aromatic carbocycles. The summed E-state index contributed by atoms with van der Waals surface area (Å²) in [5, 5.41) is 15.5. The molecule has 0 unspecified atom stereocenters. The molecule has 1 saturated carbocycles. The number of ketones is 1. The molecular formula is C25H28ClN3O3. The second-order valence-corrected chi connectivity index (χ2v) is 9.99.